The zero-order valence-corrected chi connectivity index (χ0v) is 32.3. The highest BCUT2D eigenvalue weighted by molar-refractivity contribution is 6.02. The summed E-state index contributed by atoms with van der Waals surface area (Å²) in [4.78, 5) is 0. The SMILES string of the molecule is C=C(CC1(O)c2ccccc2-c2cc3ccccc3cc21)c1c(/C=C\C)n(-c2ccccc2)c2cccc(CC3(O)c4ccccc4-c4cc5ccccc5cc43)c12. The van der Waals surface area contributed by atoms with Crippen molar-refractivity contribution < 1.29 is 10.2 Å². The van der Waals surface area contributed by atoms with E-state index in [9.17, 15) is 10.2 Å². The van der Waals surface area contributed by atoms with E-state index >= 15 is 0 Å². The van der Waals surface area contributed by atoms with Crippen LogP contribution in [0.5, 0.6) is 0 Å². The lowest BCUT2D eigenvalue weighted by molar-refractivity contribution is 0.0864. The van der Waals surface area contributed by atoms with E-state index in [1.807, 2.05) is 25.1 Å². The Morgan fingerprint density at radius 3 is 1.67 bits per heavy atom. The summed E-state index contributed by atoms with van der Waals surface area (Å²) in [6, 6.07) is 59.0. The van der Waals surface area contributed by atoms with Gasteiger partial charge in [0.05, 0.1) is 11.2 Å². The third kappa shape index (κ3) is 4.94. The molecule has 2 N–H and O–H groups in total. The van der Waals surface area contributed by atoms with Gasteiger partial charge in [0.1, 0.15) is 11.2 Å². The number of nitrogens with zero attached hydrogens (tertiary/aromatic N) is 1. The second kappa shape index (κ2) is 12.9. The van der Waals surface area contributed by atoms with E-state index in [0.717, 1.165) is 105 Å². The van der Waals surface area contributed by atoms with Gasteiger partial charge in [-0.25, -0.2) is 0 Å². The molecule has 2 unspecified atom stereocenters. The molecule has 2 aliphatic carbocycles. The van der Waals surface area contributed by atoms with Gasteiger partial charge in [-0.15, -0.1) is 0 Å². The minimum atomic E-state index is -1.32. The van der Waals surface area contributed by atoms with Crippen molar-refractivity contribution in [2.24, 2.45) is 0 Å². The monoisotopic (exact) mass is 747 g/mol. The van der Waals surface area contributed by atoms with E-state index in [0.29, 0.717) is 6.42 Å². The van der Waals surface area contributed by atoms with Gasteiger partial charge in [-0.1, -0.05) is 140 Å². The fourth-order valence-corrected chi connectivity index (χ4v) is 10.2. The van der Waals surface area contributed by atoms with Gasteiger partial charge in [-0.3, -0.25) is 0 Å². The van der Waals surface area contributed by atoms with E-state index in [4.69, 9.17) is 6.58 Å². The Bertz CT molecular complexity index is 3190. The second-order valence-corrected chi connectivity index (χ2v) is 16.0. The summed E-state index contributed by atoms with van der Waals surface area (Å²) in [6.07, 6.45) is 4.87. The number of fused-ring (bicyclic) bond motifs is 9. The van der Waals surface area contributed by atoms with Gasteiger partial charge < -0.3 is 14.8 Å². The van der Waals surface area contributed by atoms with Crippen molar-refractivity contribution in [3.63, 3.8) is 0 Å². The maximum absolute atomic E-state index is 13.3. The standard InChI is InChI=1S/C55H41NO2/c1-3-16-50-52(35(2)33-54(57)46-26-13-11-24-42(46)44-29-36-17-7-9-19-38(36)31-48(44)54)53-40(21-15-28-51(53)56(50)41-22-5-4-6-23-41)34-55(58)47-27-14-12-25-43(47)45-30-37-18-8-10-20-39(37)32-49(45)55/h3-32,57-58H,2,33-34H2,1H3/b16-3-. The molecule has 2 aliphatic rings. The zero-order valence-electron chi connectivity index (χ0n) is 32.3. The fourth-order valence-electron chi connectivity index (χ4n) is 10.2. The molecule has 0 amide bonds. The predicted octanol–water partition coefficient (Wildman–Crippen LogP) is 12.7. The molecule has 11 rings (SSSR count). The first kappa shape index (κ1) is 34.5. The summed E-state index contributed by atoms with van der Waals surface area (Å²) in [7, 11) is 0. The van der Waals surface area contributed by atoms with Crippen LogP contribution in [0.1, 0.15) is 52.4 Å². The van der Waals surface area contributed by atoms with Crippen molar-refractivity contribution >= 4 is 44.1 Å². The lowest BCUT2D eigenvalue weighted by atomic mass is 9.80. The molecule has 3 nitrogen and oxygen atoms in total. The van der Waals surface area contributed by atoms with Crippen LogP contribution < -0.4 is 0 Å². The summed E-state index contributed by atoms with van der Waals surface area (Å²) in [5, 5.41) is 32.0. The molecule has 58 heavy (non-hydrogen) atoms. The Hall–Kier alpha value is -6.78. The smallest absolute Gasteiger partial charge is 0.120 e. The Labute approximate surface area is 338 Å². The number of allylic oxidation sites excluding steroid dienone is 1. The Morgan fingerprint density at radius 1 is 0.552 bits per heavy atom. The molecule has 0 fully saturated rings. The minimum Gasteiger partial charge on any atom is -0.380 e. The number of benzene rings is 8. The summed E-state index contributed by atoms with van der Waals surface area (Å²) in [6.45, 7) is 6.91. The molecule has 278 valence electrons. The topological polar surface area (TPSA) is 45.4 Å². The van der Waals surface area contributed by atoms with E-state index < -0.39 is 11.2 Å². The van der Waals surface area contributed by atoms with Crippen LogP contribution in [-0.4, -0.2) is 14.8 Å². The third-order valence-electron chi connectivity index (χ3n) is 12.7. The van der Waals surface area contributed by atoms with E-state index in [2.05, 4.69) is 168 Å². The van der Waals surface area contributed by atoms with Crippen molar-refractivity contribution in [2.75, 3.05) is 0 Å². The van der Waals surface area contributed by atoms with Crippen LogP contribution in [0.25, 0.3) is 72.0 Å². The Balaban J connectivity index is 1.14. The largest absolute Gasteiger partial charge is 0.380 e. The van der Waals surface area contributed by atoms with Crippen molar-refractivity contribution in [3.05, 3.63) is 222 Å². The van der Waals surface area contributed by atoms with Gasteiger partial charge in [-0.05, 0) is 133 Å². The van der Waals surface area contributed by atoms with Gasteiger partial charge in [0.25, 0.3) is 0 Å². The Morgan fingerprint density at radius 2 is 1.07 bits per heavy atom. The van der Waals surface area contributed by atoms with Gasteiger partial charge >= 0.3 is 0 Å². The molecule has 0 spiro atoms. The summed E-state index contributed by atoms with van der Waals surface area (Å²) >= 11 is 0. The van der Waals surface area contributed by atoms with Crippen LogP contribution in [0, 0.1) is 0 Å². The van der Waals surface area contributed by atoms with Gasteiger partial charge in [0.2, 0.25) is 0 Å². The average Bonchev–Trinajstić information content (AvgIpc) is 3.81. The Kier molecular flexibility index (Phi) is 7.65. The molecule has 8 aromatic carbocycles. The number of aromatic nitrogens is 1. The van der Waals surface area contributed by atoms with Crippen molar-refractivity contribution in [3.8, 4) is 27.9 Å². The third-order valence-corrected chi connectivity index (χ3v) is 12.7. The van der Waals surface area contributed by atoms with Crippen LogP contribution in [0.2, 0.25) is 0 Å². The molecular formula is C55H41NO2. The first-order valence-corrected chi connectivity index (χ1v) is 20.1. The van der Waals surface area contributed by atoms with Gasteiger partial charge in [0, 0.05) is 29.5 Å². The second-order valence-electron chi connectivity index (χ2n) is 16.0. The number of rotatable bonds is 7. The lowest BCUT2D eigenvalue weighted by Gasteiger charge is -2.28. The predicted molar refractivity (Wildman–Crippen MR) is 240 cm³/mol. The average molecular weight is 748 g/mol. The molecule has 1 heterocycles. The first-order valence-electron chi connectivity index (χ1n) is 20.1. The van der Waals surface area contributed by atoms with Crippen LogP contribution >= 0.6 is 0 Å². The molecule has 0 radical (unpaired) electrons. The number of para-hydroxylation sites is 1. The van der Waals surface area contributed by atoms with E-state index in [1.54, 1.807) is 0 Å². The molecule has 0 aliphatic heterocycles. The molecular weight excluding hydrogens is 707 g/mol. The van der Waals surface area contributed by atoms with Crippen LogP contribution in [-0.2, 0) is 17.6 Å². The minimum absolute atomic E-state index is 0.282. The van der Waals surface area contributed by atoms with Crippen molar-refractivity contribution in [1.29, 1.82) is 0 Å². The molecule has 1 aromatic heterocycles. The maximum Gasteiger partial charge on any atom is 0.120 e. The highest BCUT2D eigenvalue weighted by Gasteiger charge is 2.44. The van der Waals surface area contributed by atoms with E-state index in [-0.39, 0.29) is 6.42 Å². The molecule has 0 saturated heterocycles. The van der Waals surface area contributed by atoms with Crippen molar-refractivity contribution in [1.82, 2.24) is 4.57 Å². The van der Waals surface area contributed by atoms with Gasteiger partial charge in [-0.2, -0.15) is 0 Å². The molecule has 2 atom stereocenters. The highest BCUT2D eigenvalue weighted by Crippen LogP contribution is 2.54. The fraction of sp³-hybridized carbons (Fsp3) is 0.0909. The molecule has 0 saturated carbocycles. The lowest BCUT2D eigenvalue weighted by Crippen LogP contribution is -2.27. The summed E-state index contributed by atoms with van der Waals surface area (Å²) in [5.41, 5.74) is 11.1. The number of hydrogen-bond acceptors (Lipinski definition) is 2. The summed E-state index contributed by atoms with van der Waals surface area (Å²) in [5.74, 6) is 0. The van der Waals surface area contributed by atoms with Crippen LogP contribution in [0.15, 0.2) is 183 Å². The highest BCUT2D eigenvalue weighted by atomic mass is 16.3. The molecule has 0 bridgehead atoms. The molecule has 9 aromatic rings. The van der Waals surface area contributed by atoms with Gasteiger partial charge in [0.15, 0.2) is 0 Å². The quantitative estimate of drug-likeness (QED) is 0.171. The van der Waals surface area contributed by atoms with Crippen LogP contribution in [0.3, 0.4) is 0 Å². The normalized spacial score (nSPS) is 17.8. The first-order chi connectivity index (χ1) is 28.4. The summed E-state index contributed by atoms with van der Waals surface area (Å²) < 4.78 is 2.31. The van der Waals surface area contributed by atoms with E-state index in [1.165, 1.54) is 0 Å². The van der Waals surface area contributed by atoms with Crippen molar-refractivity contribution in [2.45, 2.75) is 31.0 Å². The number of hydrogen-bond donors (Lipinski definition) is 2. The molecule has 3 heteroatoms. The maximum atomic E-state index is 13.3. The zero-order chi connectivity index (χ0) is 39.2. The number of aliphatic hydroxyl groups is 2. The van der Waals surface area contributed by atoms with Crippen LogP contribution in [0.4, 0.5) is 0 Å².